The second-order valence-electron chi connectivity index (χ2n) is 5.25. The van der Waals surface area contributed by atoms with E-state index in [4.69, 9.17) is 4.74 Å². The van der Waals surface area contributed by atoms with Gasteiger partial charge in [-0.3, -0.25) is 4.79 Å². The van der Waals surface area contributed by atoms with Crippen LogP contribution in [0.25, 0.3) is 11.6 Å². The first kappa shape index (κ1) is 10.8. The molecule has 1 fully saturated rings. The Kier molecular flexibility index (Phi) is 2.25. The topological polar surface area (TPSA) is 26.3 Å². The molecule has 1 aromatic carbocycles. The van der Waals surface area contributed by atoms with E-state index >= 15 is 0 Å². The zero-order valence-corrected chi connectivity index (χ0v) is 10.6. The number of esters is 1. The first-order valence-corrected chi connectivity index (χ1v) is 6.75. The Balaban J connectivity index is 1.98. The number of hydrogen-bond acceptors (Lipinski definition) is 2. The average Bonchev–Trinajstić information content (AvgIpc) is 2.70. The van der Waals surface area contributed by atoms with Gasteiger partial charge in [0.2, 0.25) is 0 Å². The quantitative estimate of drug-likeness (QED) is 0.656. The maximum Gasteiger partial charge on any atom is 0.315 e. The fourth-order valence-electron chi connectivity index (χ4n) is 3.22. The number of ether oxygens (including phenoxy) is 1. The Hall–Kier alpha value is -2.09. The summed E-state index contributed by atoms with van der Waals surface area (Å²) < 4.78 is 5.51. The lowest BCUT2D eigenvalue weighted by molar-refractivity contribution is -0.135. The molecule has 94 valence electrons. The number of carbonyl (C=O) groups excluding carboxylic acids is 1. The number of carbonyl (C=O) groups is 1. The summed E-state index contributed by atoms with van der Waals surface area (Å²) in [5.74, 6) is 1.07. The molecule has 0 amide bonds. The highest BCUT2D eigenvalue weighted by Gasteiger charge is 2.33. The third kappa shape index (κ3) is 1.60. The van der Waals surface area contributed by atoms with Gasteiger partial charge in [-0.25, -0.2) is 0 Å². The van der Waals surface area contributed by atoms with Crippen LogP contribution in [0.1, 0.15) is 30.4 Å². The number of benzene rings is 1. The summed E-state index contributed by atoms with van der Waals surface area (Å²) in [6.07, 6.45) is 9.12. The Morgan fingerprint density at radius 1 is 1.21 bits per heavy atom. The normalized spacial score (nSPS) is 24.1. The fourth-order valence-corrected chi connectivity index (χ4v) is 3.22. The van der Waals surface area contributed by atoms with Gasteiger partial charge in [-0.2, -0.15) is 0 Å². The lowest BCUT2D eigenvalue weighted by atomic mass is 9.82. The van der Waals surface area contributed by atoms with E-state index in [0.29, 0.717) is 12.3 Å². The maximum absolute atomic E-state index is 11.6. The summed E-state index contributed by atoms with van der Waals surface area (Å²) >= 11 is 0. The molecule has 19 heavy (non-hydrogen) atoms. The molecular formula is C17H14O2. The van der Waals surface area contributed by atoms with Crippen LogP contribution >= 0.6 is 0 Å². The van der Waals surface area contributed by atoms with Crippen molar-refractivity contribution in [2.75, 3.05) is 0 Å². The summed E-state index contributed by atoms with van der Waals surface area (Å²) in [6.45, 7) is 0. The molecule has 1 atom stereocenters. The van der Waals surface area contributed by atoms with Crippen molar-refractivity contribution in [1.82, 2.24) is 0 Å². The van der Waals surface area contributed by atoms with Gasteiger partial charge in [-0.1, -0.05) is 42.5 Å². The van der Waals surface area contributed by atoms with Gasteiger partial charge in [-0.05, 0) is 24.0 Å². The lowest BCUT2D eigenvalue weighted by Gasteiger charge is -2.23. The van der Waals surface area contributed by atoms with E-state index in [1.165, 1.54) is 16.7 Å². The first-order chi connectivity index (χ1) is 9.33. The van der Waals surface area contributed by atoms with Gasteiger partial charge in [0.15, 0.2) is 0 Å². The van der Waals surface area contributed by atoms with Gasteiger partial charge in [-0.15, -0.1) is 0 Å². The molecule has 4 rings (SSSR count). The number of fused-ring (bicyclic) bond motifs is 4. The average molecular weight is 250 g/mol. The fraction of sp³-hybridized carbons (Fsp3) is 0.235. The van der Waals surface area contributed by atoms with E-state index in [-0.39, 0.29) is 5.97 Å². The number of hydrogen-bond donors (Lipinski definition) is 0. The standard InChI is InChI=1S/C17H14O2/c18-15-10-13-6-3-5-12-9-8-11-4-1-2-7-14(11)16(12)17(13)19-15/h1-2,4,6-9,12H,3,5,10H2/t12-/m0/s1. The molecule has 0 aromatic heterocycles. The highest BCUT2D eigenvalue weighted by Crippen LogP contribution is 2.44. The van der Waals surface area contributed by atoms with Gasteiger partial charge in [0.05, 0.1) is 6.42 Å². The van der Waals surface area contributed by atoms with Crippen molar-refractivity contribution in [3.05, 3.63) is 58.9 Å². The molecule has 1 aliphatic heterocycles. The van der Waals surface area contributed by atoms with Crippen molar-refractivity contribution in [1.29, 1.82) is 0 Å². The van der Waals surface area contributed by atoms with E-state index in [1.54, 1.807) is 0 Å². The molecule has 3 aliphatic rings. The summed E-state index contributed by atoms with van der Waals surface area (Å²) in [7, 11) is 0. The van der Waals surface area contributed by atoms with Crippen molar-refractivity contribution in [2.45, 2.75) is 19.3 Å². The lowest BCUT2D eigenvalue weighted by Crippen LogP contribution is -2.08. The third-order valence-electron chi connectivity index (χ3n) is 4.09. The van der Waals surface area contributed by atoms with Crippen molar-refractivity contribution in [3.8, 4) is 0 Å². The Labute approximate surface area is 112 Å². The molecule has 1 saturated heterocycles. The van der Waals surface area contributed by atoms with E-state index in [2.05, 4.69) is 30.4 Å². The van der Waals surface area contributed by atoms with Gasteiger partial charge < -0.3 is 4.74 Å². The van der Waals surface area contributed by atoms with Gasteiger partial charge >= 0.3 is 5.97 Å². The molecule has 2 aliphatic carbocycles. The Morgan fingerprint density at radius 3 is 3.05 bits per heavy atom. The molecule has 0 unspecified atom stereocenters. The highest BCUT2D eigenvalue weighted by atomic mass is 16.5. The van der Waals surface area contributed by atoms with E-state index in [0.717, 1.165) is 24.2 Å². The molecule has 1 aromatic rings. The van der Waals surface area contributed by atoms with Crippen molar-refractivity contribution in [2.24, 2.45) is 5.92 Å². The monoisotopic (exact) mass is 250 g/mol. The summed E-state index contributed by atoms with van der Waals surface area (Å²) in [4.78, 5) is 11.6. The van der Waals surface area contributed by atoms with Crippen molar-refractivity contribution >= 4 is 17.6 Å². The smallest absolute Gasteiger partial charge is 0.315 e. The van der Waals surface area contributed by atoms with Crippen LogP contribution in [0.2, 0.25) is 0 Å². The second-order valence-corrected chi connectivity index (χ2v) is 5.25. The van der Waals surface area contributed by atoms with Crippen molar-refractivity contribution in [3.63, 3.8) is 0 Å². The van der Waals surface area contributed by atoms with E-state index < -0.39 is 0 Å². The third-order valence-corrected chi connectivity index (χ3v) is 4.09. The number of rotatable bonds is 0. The largest absolute Gasteiger partial charge is 0.426 e. The molecule has 0 radical (unpaired) electrons. The zero-order chi connectivity index (χ0) is 12.8. The molecule has 0 N–H and O–H groups in total. The summed E-state index contributed by atoms with van der Waals surface area (Å²) in [5.41, 5.74) is 4.71. The molecule has 2 nitrogen and oxygen atoms in total. The van der Waals surface area contributed by atoms with Gasteiger partial charge in [0.25, 0.3) is 0 Å². The van der Waals surface area contributed by atoms with Gasteiger partial charge in [0.1, 0.15) is 5.76 Å². The number of allylic oxidation sites excluding steroid dienone is 4. The van der Waals surface area contributed by atoms with Crippen LogP contribution < -0.4 is 0 Å². The van der Waals surface area contributed by atoms with Crippen LogP contribution in [0.4, 0.5) is 0 Å². The Morgan fingerprint density at radius 2 is 2.11 bits per heavy atom. The van der Waals surface area contributed by atoms with E-state index in [9.17, 15) is 4.79 Å². The van der Waals surface area contributed by atoms with E-state index in [1.807, 2.05) is 12.1 Å². The molecule has 0 saturated carbocycles. The highest BCUT2D eigenvalue weighted by molar-refractivity contribution is 5.90. The van der Waals surface area contributed by atoms with Crippen LogP contribution in [-0.2, 0) is 9.53 Å². The van der Waals surface area contributed by atoms with Crippen LogP contribution in [0.15, 0.2) is 47.7 Å². The predicted octanol–water partition coefficient (Wildman–Crippen LogP) is 3.71. The summed E-state index contributed by atoms with van der Waals surface area (Å²) in [6, 6.07) is 8.33. The zero-order valence-electron chi connectivity index (χ0n) is 10.6. The van der Waals surface area contributed by atoms with Crippen LogP contribution in [-0.4, -0.2) is 5.97 Å². The Bertz CT molecular complexity index is 662. The minimum atomic E-state index is -0.124. The SMILES string of the molecule is O=C1CC2=CCC[C@H]3C=Cc4ccccc4C3=C2O1. The minimum Gasteiger partial charge on any atom is -0.426 e. The van der Waals surface area contributed by atoms with Gasteiger partial charge in [0, 0.05) is 17.1 Å². The second kappa shape index (κ2) is 3.95. The molecule has 0 spiro atoms. The minimum absolute atomic E-state index is 0.124. The molecular weight excluding hydrogens is 236 g/mol. The molecule has 0 bridgehead atoms. The molecule has 2 heteroatoms. The van der Waals surface area contributed by atoms with Crippen LogP contribution in [0, 0.1) is 5.92 Å². The maximum atomic E-state index is 11.6. The van der Waals surface area contributed by atoms with Crippen molar-refractivity contribution < 1.29 is 9.53 Å². The van der Waals surface area contributed by atoms with Crippen LogP contribution in [0.3, 0.4) is 0 Å². The predicted molar refractivity (Wildman–Crippen MR) is 73.9 cm³/mol. The summed E-state index contributed by atoms with van der Waals surface area (Å²) in [5, 5.41) is 0. The van der Waals surface area contributed by atoms with Crippen LogP contribution in [0.5, 0.6) is 0 Å². The molecule has 1 heterocycles. The first-order valence-electron chi connectivity index (χ1n) is 6.75.